The van der Waals surface area contributed by atoms with E-state index in [0.29, 0.717) is 12.3 Å². The number of anilines is 2. The molecule has 0 unspecified atom stereocenters. The van der Waals surface area contributed by atoms with Gasteiger partial charge in [-0.3, -0.25) is 9.69 Å². The predicted molar refractivity (Wildman–Crippen MR) is 146 cm³/mol. The lowest BCUT2D eigenvalue weighted by atomic mass is 10.1. The maximum Gasteiger partial charge on any atom is 0.248 e. The highest BCUT2D eigenvalue weighted by Crippen LogP contribution is 2.33. The summed E-state index contributed by atoms with van der Waals surface area (Å²) in [5.41, 5.74) is 3.35. The predicted octanol–water partition coefficient (Wildman–Crippen LogP) is 6.33. The van der Waals surface area contributed by atoms with Crippen LogP contribution < -0.4 is 15.0 Å². The first kappa shape index (κ1) is 25.4. The van der Waals surface area contributed by atoms with E-state index < -0.39 is 0 Å². The number of amides is 1. The zero-order valence-electron chi connectivity index (χ0n) is 19.3. The van der Waals surface area contributed by atoms with Crippen LogP contribution in [0, 0.1) is 5.82 Å². The van der Waals surface area contributed by atoms with Crippen molar-refractivity contribution >= 4 is 55.2 Å². The Bertz CT molecular complexity index is 1210. The molecule has 0 aliphatic carbocycles. The number of benzene rings is 3. The van der Waals surface area contributed by atoms with Crippen molar-refractivity contribution in [1.29, 1.82) is 0 Å². The van der Waals surface area contributed by atoms with Gasteiger partial charge in [-0.25, -0.2) is 4.39 Å². The fourth-order valence-corrected chi connectivity index (χ4v) is 5.48. The molecular weight excluding hydrogens is 577 g/mol. The van der Waals surface area contributed by atoms with E-state index in [0.717, 1.165) is 57.6 Å². The molecule has 1 aliphatic heterocycles. The summed E-state index contributed by atoms with van der Waals surface area (Å²) >= 11 is 6.92. The maximum absolute atomic E-state index is 13.9. The highest BCUT2D eigenvalue weighted by molar-refractivity contribution is 9.11. The van der Waals surface area contributed by atoms with Gasteiger partial charge in [0.25, 0.3) is 0 Å². The fourth-order valence-electron chi connectivity index (χ4n) is 4.06. The number of carbonyl (C=O) groups is 1. The van der Waals surface area contributed by atoms with Gasteiger partial charge in [0, 0.05) is 65.8 Å². The topological polar surface area (TPSA) is 44.8 Å². The Morgan fingerprint density at radius 2 is 1.77 bits per heavy atom. The number of methoxy groups -OCH3 is 1. The van der Waals surface area contributed by atoms with E-state index in [9.17, 15) is 9.18 Å². The quantitative estimate of drug-likeness (QED) is 0.321. The van der Waals surface area contributed by atoms with Gasteiger partial charge in [-0.1, -0.05) is 34.1 Å². The SMILES string of the molecule is COc1c(Br)cc(Br)cc1C=CC(=O)Nc1ccc(N2CCN(Cc3ccccc3F)CC2)cc1. The number of halogens is 3. The molecule has 1 saturated heterocycles. The molecule has 1 aliphatic rings. The summed E-state index contributed by atoms with van der Waals surface area (Å²) in [5.74, 6) is 0.291. The van der Waals surface area contributed by atoms with E-state index in [2.05, 4.69) is 47.0 Å². The first-order chi connectivity index (χ1) is 16.9. The van der Waals surface area contributed by atoms with Crippen molar-refractivity contribution in [3.8, 4) is 5.75 Å². The van der Waals surface area contributed by atoms with Crippen molar-refractivity contribution in [2.75, 3.05) is 43.5 Å². The molecule has 3 aromatic rings. The summed E-state index contributed by atoms with van der Waals surface area (Å²) in [7, 11) is 1.59. The maximum atomic E-state index is 13.9. The standard InChI is InChI=1S/C27H26Br2FN3O2/c1-35-27-19(16-21(28)17-24(27)29)6-11-26(34)31-22-7-9-23(10-8-22)33-14-12-32(13-15-33)18-20-4-2-3-5-25(20)30/h2-11,16-17H,12-15,18H2,1H3,(H,31,34). The van der Waals surface area contributed by atoms with Gasteiger partial charge in [0.1, 0.15) is 11.6 Å². The largest absolute Gasteiger partial charge is 0.495 e. The summed E-state index contributed by atoms with van der Waals surface area (Å²) in [6.45, 7) is 4.10. The van der Waals surface area contributed by atoms with Crippen molar-refractivity contribution in [3.63, 3.8) is 0 Å². The van der Waals surface area contributed by atoms with Crippen LogP contribution in [0.4, 0.5) is 15.8 Å². The molecule has 1 fully saturated rings. The van der Waals surface area contributed by atoms with Gasteiger partial charge in [0.05, 0.1) is 11.6 Å². The summed E-state index contributed by atoms with van der Waals surface area (Å²) < 4.78 is 21.0. The number of hydrogen-bond donors (Lipinski definition) is 1. The molecule has 0 saturated carbocycles. The van der Waals surface area contributed by atoms with Crippen LogP contribution in [-0.2, 0) is 11.3 Å². The second-order valence-electron chi connectivity index (χ2n) is 8.23. The van der Waals surface area contributed by atoms with Gasteiger partial charge >= 0.3 is 0 Å². The van der Waals surface area contributed by atoms with Gasteiger partial charge in [-0.2, -0.15) is 0 Å². The third-order valence-electron chi connectivity index (χ3n) is 5.88. The van der Waals surface area contributed by atoms with Crippen LogP contribution in [0.25, 0.3) is 6.08 Å². The molecule has 0 aromatic heterocycles. The van der Waals surface area contributed by atoms with Gasteiger partial charge in [0.15, 0.2) is 0 Å². The van der Waals surface area contributed by atoms with Gasteiger partial charge in [-0.05, 0) is 64.5 Å². The molecule has 0 atom stereocenters. The Kier molecular flexibility index (Phi) is 8.59. The Hall–Kier alpha value is -2.68. The van der Waals surface area contributed by atoms with E-state index in [1.54, 1.807) is 19.3 Å². The lowest BCUT2D eigenvalue weighted by Crippen LogP contribution is -2.46. The summed E-state index contributed by atoms with van der Waals surface area (Å²) in [5, 5.41) is 2.90. The van der Waals surface area contributed by atoms with Crippen molar-refractivity contribution in [2.45, 2.75) is 6.54 Å². The zero-order chi connectivity index (χ0) is 24.8. The summed E-state index contributed by atoms with van der Waals surface area (Å²) in [4.78, 5) is 17.0. The normalized spacial score (nSPS) is 14.3. The molecule has 5 nitrogen and oxygen atoms in total. The number of carbonyl (C=O) groups excluding carboxylic acids is 1. The average Bonchev–Trinajstić information content (AvgIpc) is 2.85. The van der Waals surface area contributed by atoms with E-state index in [1.165, 1.54) is 12.1 Å². The molecule has 8 heteroatoms. The number of rotatable bonds is 7. The van der Waals surface area contributed by atoms with Crippen molar-refractivity contribution in [2.24, 2.45) is 0 Å². The second-order valence-corrected chi connectivity index (χ2v) is 10.0. The molecule has 1 heterocycles. The number of nitrogens with one attached hydrogen (secondary N) is 1. The van der Waals surface area contributed by atoms with Gasteiger partial charge in [-0.15, -0.1) is 0 Å². The van der Waals surface area contributed by atoms with E-state index in [1.807, 2.05) is 48.5 Å². The molecule has 0 spiro atoms. The summed E-state index contributed by atoms with van der Waals surface area (Å²) in [6.07, 6.45) is 3.21. The van der Waals surface area contributed by atoms with E-state index in [-0.39, 0.29) is 11.7 Å². The Balaban J connectivity index is 1.30. The first-order valence-corrected chi connectivity index (χ1v) is 12.8. The first-order valence-electron chi connectivity index (χ1n) is 11.3. The van der Waals surface area contributed by atoms with Crippen molar-refractivity contribution in [3.05, 3.63) is 92.6 Å². The average molecular weight is 603 g/mol. The van der Waals surface area contributed by atoms with Crippen molar-refractivity contribution < 1.29 is 13.9 Å². The number of hydrogen-bond acceptors (Lipinski definition) is 4. The highest BCUT2D eigenvalue weighted by atomic mass is 79.9. The number of nitrogens with zero attached hydrogens (tertiary/aromatic N) is 2. The third-order valence-corrected chi connectivity index (χ3v) is 6.93. The van der Waals surface area contributed by atoms with Gasteiger partial charge < -0.3 is 15.0 Å². The van der Waals surface area contributed by atoms with E-state index in [4.69, 9.17) is 4.74 Å². The molecular formula is C27H26Br2FN3O2. The van der Waals surface area contributed by atoms with Crippen LogP contribution >= 0.6 is 31.9 Å². The smallest absolute Gasteiger partial charge is 0.248 e. The van der Waals surface area contributed by atoms with Crippen LogP contribution in [0.5, 0.6) is 5.75 Å². The molecule has 4 rings (SSSR count). The molecule has 1 amide bonds. The monoisotopic (exact) mass is 601 g/mol. The van der Waals surface area contributed by atoms with Crippen LogP contribution in [0.2, 0.25) is 0 Å². The number of piperazine rings is 1. The van der Waals surface area contributed by atoms with Crippen LogP contribution in [0.15, 0.2) is 75.7 Å². The Labute approximate surface area is 221 Å². The minimum atomic E-state index is -0.224. The molecule has 35 heavy (non-hydrogen) atoms. The second kappa shape index (κ2) is 11.8. The number of ether oxygens (including phenoxy) is 1. The third kappa shape index (κ3) is 6.72. The minimum absolute atomic E-state index is 0.147. The molecule has 0 radical (unpaired) electrons. The lowest BCUT2D eigenvalue weighted by molar-refractivity contribution is -0.111. The Morgan fingerprint density at radius 3 is 2.46 bits per heavy atom. The summed E-state index contributed by atoms with van der Waals surface area (Å²) in [6, 6.07) is 18.6. The van der Waals surface area contributed by atoms with Crippen molar-refractivity contribution in [1.82, 2.24) is 4.90 Å². The van der Waals surface area contributed by atoms with Crippen LogP contribution in [0.1, 0.15) is 11.1 Å². The molecule has 0 bridgehead atoms. The highest BCUT2D eigenvalue weighted by Gasteiger charge is 2.18. The van der Waals surface area contributed by atoms with Gasteiger partial charge in [0.2, 0.25) is 5.91 Å². The molecule has 182 valence electrons. The van der Waals surface area contributed by atoms with Crippen LogP contribution in [0.3, 0.4) is 0 Å². The Morgan fingerprint density at radius 1 is 1.06 bits per heavy atom. The van der Waals surface area contributed by atoms with Crippen LogP contribution in [-0.4, -0.2) is 44.1 Å². The lowest BCUT2D eigenvalue weighted by Gasteiger charge is -2.36. The minimum Gasteiger partial charge on any atom is -0.495 e. The molecule has 3 aromatic carbocycles. The molecule has 1 N–H and O–H groups in total. The zero-order valence-corrected chi connectivity index (χ0v) is 22.5. The van der Waals surface area contributed by atoms with E-state index >= 15 is 0 Å². The fraction of sp³-hybridized carbons (Fsp3) is 0.222.